The standard InChI is InChI=1S/C21H23N3O2/c1-26-19-9-7-17(8-10-19)20(24-11-2-3-12-24)15-23-21(25)18-6-4-5-16(13-18)14-22/h4-10,13,20H,2-3,11-12,15H2,1H3,(H,23,25)/t20-/m1/s1. The minimum Gasteiger partial charge on any atom is -0.497 e. The normalized spacial score (nSPS) is 15.2. The van der Waals surface area contributed by atoms with Crippen molar-refractivity contribution in [1.82, 2.24) is 10.2 Å². The predicted molar refractivity (Wildman–Crippen MR) is 100 cm³/mol. The minimum absolute atomic E-state index is 0.131. The molecule has 26 heavy (non-hydrogen) atoms. The molecule has 2 aromatic carbocycles. The number of nitriles is 1. The summed E-state index contributed by atoms with van der Waals surface area (Å²) >= 11 is 0. The molecule has 1 saturated heterocycles. The van der Waals surface area contributed by atoms with Crippen LogP contribution >= 0.6 is 0 Å². The number of amides is 1. The van der Waals surface area contributed by atoms with E-state index in [4.69, 9.17) is 10.00 Å². The topological polar surface area (TPSA) is 65.4 Å². The molecule has 5 nitrogen and oxygen atoms in total. The van der Waals surface area contributed by atoms with Crippen LogP contribution in [0.25, 0.3) is 0 Å². The molecule has 2 aromatic rings. The van der Waals surface area contributed by atoms with Crippen molar-refractivity contribution in [2.75, 3.05) is 26.7 Å². The number of methoxy groups -OCH3 is 1. The van der Waals surface area contributed by atoms with E-state index in [1.54, 1.807) is 31.4 Å². The lowest BCUT2D eigenvalue weighted by Crippen LogP contribution is -2.36. The molecule has 0 bridgehead atoms. The lowest BCUT2D eigenvalue weighted by atomic mass is 10.0. The van der Waals surface area contributed by atoms with Crippen LogP contribution in [0.1, 0.15) is 40.4 Å². The Bertz CT molecular complexity index is 790. The van der Waals surface area contributed by atoms with Crippen LogP contribution in [0.3, 0.4) is 0 Å². The van der Waals surface area contributed by atoms with Gasteiger partial charge in [0.15, 0.2) is 0 Å². The second-order valence-electron chi connectivity index (χ2n) is 6.43. The summed E-state index contributed by atoms with van der Waals surface area (Å²) in [6.45, 7) is 2.61. The number of carbonyl (C=O) groups excluding carboxylic acids is 1. The number of hydrogen-bond acceptors (Lipinski definition) is 4. The Hall–Kier alpha value is -2.84. The molecule has 1 amide bonds. The molecule has 0 saturated carbocycles. The van der Waals surface area contributed by atoms with Crippen LogP contribution in [-0.2, 0) is 0 Å². The fraction of sp³-hybridized carbons (Fsp3) is 0.333. The summed E-state index contributed by atoms with van der Waals surface area (Å²) in [7, 11) is 1.66. The van der Waals surface area contributed by atoms with Crippen LogP contribution < -0.4 is 10.1 Å². The van der Waals surface area contributed by atoms with E-state index >= 15 is 0 Å². The molecule has 0 unspecified atom stereocenters. The number of ether oxygens (including phenoxy) is 1. The first-order valence-corrected chi connectivity index (χ1v) is 8.87. The maximum atomic E-state index is 12.5. The predicted octanol–water partition coefficient (Wildman–Crippen LogP) is 3.13. The zero-order valence-corrected chi connectivity index (χ0v) is 14.9. The second-order valence-corrected chi connectivity index (χ2v) is 6.43. The third kappa shape index (κ3) is 4.22. The van der Waals surface area contributed by atoms with Gasteiger partial charge in [0.25, 0.3) is 5.91 Å². The highest BCUT2D eigenvalue weighted by Gasteiger charge is 2.24. The van der Waals surface area contributed by atoms with E-state index in [0.717, 1.165) is 18.8 Å². The number of likely N-dealkylation sites (tertiary alicyclic amines) is 1. The zero-order chi connectivity index (χ0) is 18.4. The Morgan fingerprint density at radius 1 is 1.23 bits per heavy atom. The zero-order valence-electron chi connectivity index (χ0n) is 14.9. The Morgan fingerprint density at radius 2 is 1.96 bits per heavy atom. The van der Waals surface area contributed by atoms with Crippen molar-refractivity contribution in [3.63, 3.8) is 0 Å². The largest absolute Gasteiger partial charge is 0.497 e. The van der Waals surface area contributed by atoms with Gasteiger partial charge < -0.3 is 10.1 Å². The quantitative estimate of drug-likeness (QED) is 0.870. The summed E-state index contributed by atoms with van der Waals surface area (Å²) in [5.41, 5.74) is 2.17. The van der Waals surface area contributed by atoms with Crippen molar-refractivity contribution in [3.05, 3.63) is 65.2 Å². The Balaban J connectivity index is 1.73. The van der Waals surface area contributed by atoms with Gasteiger partial charge in [-0.2, -0.15) is 5.26 Å². The van der Waals surface area contributed by atoms with Gasteiger partial charge in [-0.3, -0.25) is 9.69 Å². The van der Waals surface area contributed by atoms with E-state index in [9.17, 15) is 4.79 Å². The van der Waals surface area contributed by atoms with E-state index in [2.05, 4.69) is 28.4 Å². The monoisotopic (exact) mass is 349 g/mol. The van der Waals surface area contributed by atoms with Crippen LogP contribution in [0.2, 0.25) is 0 Å². The number of carbonyl (C=O) groups is 1. The number of rotatable bonds is 6. The first-order valence-electron chi connectivity index (χ1n) is 8.87. The highest BCUT2D eigenvalue weighted by molar-refractivity contribution is 5.94. The molecule has 1 aliphatic heterocycles. The van der Waals surface area contributed by atoms with Crippen LogP contribution in [0, 0.1) is 11.3 Å². The summed E-state index contributed by atoms with van der Waals surface area (Å²) in [6.07, 6.45) is 2.37. The third-order valence-corrected chi connectivity index (χ3v) is 4.79. The third-order valence-electron chi connectivity index (χ3n) is 4.79. The average Bonchev–Trinajstić information content (AvgIpc) is 3.23. The van der Waals surface area contributed by atoms with Gasteiger partial charge in [0.05, 0.1) is 24.8 Å². The van der Waals surface area contributed by atoms with Crippen LogP contribution in [0.15, 0.2) is 48.5 Å². The minimum atomic E-state index is -0.153. The van der Waals surface area contributed by atoms with E-state index < -0.39 is 0 Å². The first kappa shape index (κ1) is 18.0. The highest BCUT2D eigenvalue weighted by atomic mass is 16.5. The molecular formula is C21H23N3O2. The molecule has 0 aliphatic carbocycles. The Kier molecular flexibility index (Phi) is 5.88. The molecule has 5 heteroatoms. The van der Waals surface area contributed by atoms with E-state index in [-0.39, 0.29) is 11.9 Å². The van der Waals surface area contributed by atoms with Gasteiger partial charge in [-0.1, -0.05) is 18.2 Å². The maximum Gasteiger partial charge on any atom is 0.251 e. The molecule has 3 rings (SSSR count). The second kappa shape index (κ2) is 8.50. The summed E-state index contributed by atoms with van der Waals surface area (Å²) in [5, 5.41) is 12.0. The molecule has 134 valence electrons. The van der Waals surface area contributed by atoms with Crippen molar-refractivity contribution in [1.29, 1.82) is 5.26 Å². The number of nitrogens with zero attached hydrogens (tertiary/aromatic N) is 2. The van der Waals surface area contributed by atoms with Crippen LogP contribution in [-0.4, -0.2) is 37.6 Å². The molecule has 1 aliphatic rings. The molecule has 1 fully saturated rings. The van der Waals surface area contributed by atoms with E-state index in [1.807, 2.05) is 12.1 Å². The highest BCUT2D eigenvalue weighted by Crippen LogP contribution is 2.26. The number of benzene rings is 2. The van der Waals surface area contributed by atoms with Gasteiger partial charge in [-0.15, -0.1) is 0 Å². The molecule has 0 radical (unpaired) electrons. The van der Waals surface area contributed by atoms with Gasteiger partial charge in [0.2, 0.25) is 0 Å². The molecule has 1 heterocycles. The Labute approximate surface area is 154 Å². The van der Waals surface area contributed by atoms with E-state index in [0.29, 0.717) is 17.7 Å². The van der Waals surface area contributed by atoms with Gasteiger partial charge in [-0.25, -0.2) is 0 Å². The van der Waals surface area contributed by atoms with Crippen LogP contribution in [0.4, 0.5) is 0 Å². The van der Waals surface area contributed by atoms with E-state index in [1.165, 1.54) is 18.4 Å². The summed E-state index contributed by atoms with van der Waals surface area (Å²) < 4.78 is 5.24. The SMILES string of the molecule is COc1ccc([C@@H](CNC(=O)c2cccc(C#N)c2)N2CCCC2)cc1. The summed E-state index contributed by atoms with van der Waals surface area (Å²) in [6, 6.07) is 17.0. The number of hydrogen-bond donors (Lipinski definition) is 1. The van der Waals surface area contributed by atoms with Crippen molar-refractivity contribution >= 4 is 5.91 Å². The molecule has 0 aromatic heterocycles. The van der Waals surface area contributed by atoms with Crippen molar-refractivity contribution in [2.24, 2.45) is 0 Å². The van der Waals surface area contributed by atoms with Gasteiger partial charge >= 0.3 is 0 Å². The first-order chi connectivity index (χ1) is 12.7. The molecule has 1 atom stereocenters. The van der Waals surface area contributed by atoms with Crippen LogP contribution in [0.5, 0.6) is 5.75 Å². The Morgan fingerprint density at radius 3 is 2.62 bits per heavy atom. The summed E-state index contributed by atoms with van der Waals surface area (Å²) in [5.74, 6) is 0.672. The lowest BCUT2D eigenvalue weighted by molar-refractivity contribution is 0.0938. The van der Waals surface area contributed by atoms with Gasteiger partial charge in [0.1, 0.15) is 5.75 Å². The number of nitrogens with one attached hydrogen (secondary N) is 1. The lowest BCUT2D eigenvalue weighted by Gasteiger charge is -2.28. The smallest absolute Gasteiger partial charge is 0.251 e. The van der Waals surface area contributed by atoms with Crippen molar-refractivity contribution in [2.45, 2.75) is 18.9 Å². The molecule has 1 N–H and O–H groups in total. The molecule has 0 spiro atoms. The average molecular weight is 349 g/mol. The van der Waals surface area contributed by atoms with Crippen molar-refractivity contribution in [3.8, 4) is 11.8 Å². The van der Waals surface area contributed by atoms with Crippen molar-refractivity contribution < 1.29 is 9.53 Å². The fourth-order valence-corrected chi connectivity index (χ4v) is 3.36. The molecular weight excluding hydrogens is 326 g/mol. The fourth-order valence-electron chi connectivity index (χ4n) is 3.36. The van der Waals surface area contributed by atoms with Gasteiger partial charge in [0, 0.05) is 12.1 Å². The maximum absolute atomic E-state index is 12.5. The summed E-state index contributed by atoms with van der Waals surface area (Å²) in [4.78, 5) is 14.9. The van der Waals surface area contributed by atoms with Gasteiger partial charge in [-0.05, 0) is 61.8 Å².